The first-order valence-electron chi connectivity index (χ1n) is 2.95. The van der Waals surface area contributed by atoms with Crippen molar-refractivity contribution in [1.82, 2.24) is 0 Å². The molecule has 0 amide bonds. The second-order valence-electron chi connectivity index (χ2n) is 2.03. The van der Waals surface area contributed by atoms with Crippen molar-refractivity contribution in [2.45, 2.75) is 9.79 Å². The molecule has 0 saturated heterocycles. The van der Waals surface area contributed by atoms with Crippen molar-refractivity contribution in [2.75, 3.05) is 0 Å². The molecule has 0 aliphatic carbocycles. The van der Waals surface area contributed by atoms with E-state index >= 15 is 0 Å². The zero-order valence-electron chi connectivity index (χ0n) is 5.90. The van der Waals surface area contributed by atoms with Crippen molar-refractivity contribution in [3.05, 3.63) is 24.3 Å². The van der Waals surface area contributed by atoms with E-state index in [1.165, 1.54) is 23.5 Å². The van der Waals surface area contributed by atoms with Gasteiger partial charge in [0.25, 0.3) is 9.05 Å². The maximum atomic E-state index is 10.9. The minimum atomic E-state index is -3.59. The van der Waals surface area contributed by atoms with Gasteiger partial charge in [-0.2, -0.15) is 0 Å². The molecule has 1 aromatic carbocycles. The summed E-state index contributed by atoms with van der Waals surface area (Å²) in [6.45, 7) is 0. The van der Waals surface area contributed by atoms with Crippen LogP contribution in [0, 0.1) is 0 Å². The van der Waals surface area contributed by atoms with E-state index in [4.69, 9.17) is 10.7 Å². The van der Waals surface area contributed by atoms with Crippen LogP contribution in [0.4, 0.5) is 0 Å². The molecule has 0 aromatic heterocycles. The molecule has 0 bridgehead atoms. The van der Waals surface area contributed by atoms with Crippen LogP contribution in [0.1, 0.15) is 0 Å². The first kappa shape index (κ1) is 10.3. The Morgan fingerprint density at radius 2 is 2.08 bits per heavy atom. The highest BCUT2D eigenvalue weighted by molar-refractivity contribution is 8.43. The Morgan fingerprint density at radius 3 is 2.58 bits per heavy atom. The summed E-state index contributed by atoms with van der Waals surface area (Å²) < 4.78 is 21.7. The first-order chi connectivity index (χ1) is 5.54. The van der Waals surface area contributed by atoms with Gasteiger partial charge in [-0.3, -0.25) is 0 Å². The number of hydrogen-bond acceptors (Lipinski definition) is 3. The lowest BCUT2D eigenvalue weighted by Crippen LogP contribution is -1.89. The second-order valence-corrected chi connectivity index (χ2v) is 6.01. The standard InChI is InChI=1S/C6H6ClO2PS2/c7-12(8,9)6-3-1-2-5(4-6)11-10/h1-4H,10H2. The largest absolute Gasteiger partial charge is 0.261 e. The molecule has 1 atom stereocenters. The predicted molar refractivity (Wildman–Crippen MR) is 55.0 cm³/mol. The summed E-state index contributed by atoms with van der Waals surface area (Å²) in [6, 6.07) is 6.46. The number of halogens is 1. The van der Waals surface area contributed by atoms with E-state index in [1.54, 1.807) is 6.07 Å². The van der Waals surface area contributed by atoms with E-state index in [2.05, 4.69) is 8.44 Å². The van der Waals surface area contributed by atoms with Gasteiger partial charge in [0, 0.05) is 15.6 Å². The van der Waals surface area contributed by atoms with Crippen LogP contribution >= 0.6 is 30.5 Å². The molecule has 1 aromatic rings. The average Bonchev–Trinajstić information content (AvgIpc) is 2.03. The van der Waals surface area contributed by atoms with Gasteiger partial charge in [0.05, 0.1) is 4.90 Å². The van der Waals surface area contributed by atoms with Crippen molar-refractivity contribution in [1.29, 1.82) is 0 Å². The topological polar surface area (TPSA) is 34.1 Å². The quantitative estimate of drug-likeness (QED) is 0.588. The van der Waals surface area contributed by atoms with E-state index < -0.39 is 9.05 Å². The van der Waals surface area contributed by atoms with E-state index in [-0.39, 0.29) is 4.90 Å². The lowest BCUT2D eigenvalue weighted by atomic mass is 10.4. The highest BCUT2D eigenvalue weighted by Crippen LogP contribution is 2.27. The van der Waals surface area contributed by atoms with Gasteiger partial charge in [-0.05, 0) is 18.2 Å². The molecule has 0 radical (unpaired) electrons. The fourth-order valence-corrected chi connectivity index (χ4v) is 2.36. The van der Waals surface area contributed by atoms with Gasteiger partial charge in [0.15, 0.2) is 0 Å². The van der Waals surface area contributed by atoms with Crippen molar-refractivity contribution in [3.8, 4) is 0 Å². The third kappa shape index (κ3) is 2.63. The molecule has 0 fully saturated rings. The van der Waals surface area contributed by atoms with Crippen LogP contribution in [0.25, 0.3) is 0 Å². The maximum Gasteiger partial charge on any atom is 0.261 e. The van der Waals surface area contributed by atoms with Gasteiger partial charge in [0.1, 0.15) is 0 Å². The summed E-state index contributed by atoms with van der Waals surface area (Å²) >= 11 is 1.39. The summed E-state index contributed by atoms with van der Waals surface area (Å²) in [7, 11) is 3.99. The van der Waals surface area contributed by atoms with Crippen molar-refractivity contribution >= 4 is 39.6 Å². The highest BCUT2D eigenvalue weighted by atomic mass is 35.7. The van der Waals surface area contributed by atoms with Crippen LogP contribution in [-0.4, -0.2) is 8.42 Å². The Hall–Kier alpha value is 0.240. The zero-order chi connectivity index (χ0) is 9.19. The number of rotatable bonds is 2. The van der Waals surface area contributed by atoms with Gasteiger partial charge >= 0.3 is 0 Å². The molecule has 0 aliphatic heterocycles. The Kier molecular flexibility index (Phi) is 3.41. The van der Waals surface area contributed by atoms with Gasteiger partial charge in [0.2, 0.25) is 0 Å². The van der Waals surface area contributed by atoms with Crippen molar-refractivity contribution in [3.63, 3.8) is 0 Å². The third-order valence-corrected chi connectivity index (χ3v) is 3.92. The average molecular weight is 241 g/mol. The molecule has 1 unspecified atom stereocenters. The van der Waals surface area contributed by atoms with E-state index in [1.807, 2.05) is 6.07 Å². The Morgan fingerprint density at radius 1 is 1.42 bits per heavy atom. The zero-order valence-corrected chi connectivity index (χ0v) is 9.44. The van der Waals surface area contributed by atoms with E-state index in [0.29, 0.717) is 0 Å². The fourth-order valence-electron chi connectivity index (χ4n) is 0.699. The monoisotopic (exact) mass is 240 g/mol. The van der Waals surface area contributed by atoms with Gasteiger partial charge in [-0.15, -0.1) is 11.4 Å². The van der Waals surface area contributed by atoms with Gasteiger partial charge in [-0.1, -0.05) is 14.5 Å². The summed E-state index contributed by atoms with van der Waals surface area (Å²) in [6.07, 6.45) is 0. The summed E-state index contributed by atoms with van der Waals surface area (Å²) in [5.41, 5.74) is 0. The van der Waals surface area contributed by atoms with E-state index in [9.17, 15) is 8.42 Å². The Bertz CT molecular complexity index is 377. The third-order valence-electron chi connectivity index (χ3n) is 1.22. The van der Waals surface area contributed by atoms with Crippen LogP contribution in [-0.2, 0) is 9.05 Å². The van der Waals surface area contributed by atoms with Gasteiger partial charge in [-0.25, -0.2) is 8.42 Å². The molecule has 2 nitrogen and oxygen atoms in total. The smallest absolute Gasteiger partial charge is 0.207 e. The molecule has 0 spiro atoms. The molecule has 1 rings (SSSR count). The minimum Gasteiger partial charge on any atom is -0.207 e. The molecular weight excluding hydrogens is 235 g/mol. The molecule has 12 heavy (non-hydrogen) atoms. The summed E-state index contributed by atoms with van der Waals surface area (Å²) in [5, 5.41) is 0. The number of hydrogen-bond donors (Lipinski definition) is 0. The van der Waals surface area contributed by atoms with Crippen LogP contribution in [0.15, 0.2) is 34.1 Å². The van der Waals surface area contributed by atoms with Gasteiger partial charge < -0.3 is 0 Å². The minimum absolute atomic E-state index is 0.136. The van der Waals surface area contributed by atoms with E-state index in [0.717, 1.165) is 4.90 Å². The molecule has 0 aliphatic rings. The number of benzene rings is 1. The maximum absolute atomic E-state index is 10.9. The lowest BCUT2D eigenvalue weighted by molar-refractivity contribution is 0.609. The summed E-state index contributed by atoms with van der Waals surface area (Å²) in [5.74, 6) is 0. The van der Waals surface area contributed by atoms with Crippen LogP contribution in [0.2, 0.25) is 0 Å². The van der Waals surface area contributed by atoms with Crippen LogP contribution in [0.3, 0.4) is 0 Å². The lowest BCUT2D eigenvalue weighted by Gasteiger charge is -1.97. The first-order valence-corrected chi connectivity index (χ1v) is 7.56. The van der Waals surface area contributed by atoms with Crippen molar-refractivity contribution in [2.24, 2.45) is 0 Å². The van der Waals surface area contributed by atoms with Crippen LogP contribution in [0.5, 0.6) is 0 Å². The molecule has 0 heterocycles. The Balaban J connectivity index is 3.20. The van der Waals surface area contributed by atoms with Crippen LogP contribution < -0.4 is 0 Å². The molecular formula is C6H6ClO2PS2. The molecule has 0 N–H and O–H groups in total. The van der Waals surface area contributed by atoms with Crippen molar-refractivity contribution < 1.29 is 8.42 Å². The second kappa shape index (κ2) is 3.97. The summed E-state index contributed by atoms with van der Waals surface area (Å²) in [4.78, 5) is 0.985. The highest BCUT2D eigenvalue weighted by Gasteiger charge is 2.09. The molecule has 66 valence electrons. The normalized spacial score (nSPS) is 11.5. The molecule has 0 saturated carbocycles. The Labute approximate surface area is 82.1 Å². The fraction of sp³-hybridized carbons (Fsp3) is 0. The predicted octanol–water partition coefficient (Wildman–Crippen LogP) is 2.50. The SMILES string of the molecule is O=S(=O)(Cl)c1cccc(SP)c1. The molecule has 6 heteroatoms.